The molecule has 0 aliphatic heterocycles. The highest BCUT2D eigenvalue weighted by Crippen LogP contribution is 2.23. The van der Waals surface area contributed by atoms with E-state index in [-0.39, 0.29) is 5.91 Å². The molecule has 5 heteroatoms. The zero-order valence-corrected chi connectivity index (χ0v) is 12.5. The monoisotopic (exact) mass is 289 g/mol. The largest absolute Gasteiger partial charge is 0.325 e. The summed E-state index contributed by atoms with van der Waals surface area (Å²) in [5, 5.41) is 5.90. The number of nitrogens with zero attached hydrogens (tertiary/aromatic N) is 1. The molecule has 1 aromatic carbocycles. The normalized spacial score (nSPS) is 12.2. The zero-order chi connectivity index (χ0) is 14.5. The molecule has 0 saturated heterocycles. The number of aryl methyl sites for hydroxylation is 1. The van der Waals surface area contributed by atoms with Gasteiger partial charge < -0.3 is 11.1 Å². The first-order chi connectivity index (χ1) is 9.60. The molecule has 1 atom stereocenters. The van der Waals surface area contributed by atoms with Gasteiger partial charge in [0, 0.05) is 16.6 Å². The van der Waals surface area contributed by atoms with Crippen molar-refractivity contribution in [1.29, 1.82) is 0 Å². The third-order valence-electron chi connectivity index (χ3n) is 3.00. The standard InChI is InChI=1S/C15H19N3OS/c1-3-4-13(16)15(19)18-12-7-5-11(6-8-12)14-9-20-10(2)17-14/h5-9,13H,3-4,16H2,1-2H3,(H,18,19)/t13-/m1/s1. The van der Waals surface area contributed by atoms with Gasteiger partial charge in [0.1, 0.15) is 0 Å². The second kappa shape index (κ2) is 6.63. The fourth-order valence-corrected chi connectivity index (χ4v) is 2.52. The zero-order valence-electron chi connectivity index (χ0n) is 11.7. The van der Waals surface area contributed by atoms with Crippen molar-refractivity contribution in [3.63, 3.8) is 0 Å². The fourth-order valence-electron chi connectivity index (χ4n) is 1.90. The number of thiazole rings is 1. The van der Waals surface area contributed by atoms with E-state index in [4.69, 9.17) is 5.73 Å². The average Bonchev–Trinajstić information content (AvgIpc) is 2.86. The third-order valence-corrected chi connectivity index (χ3v) is 3.78. The summed E-state index contributed by atoms with van der Waals surface area (Å²) in [5.41, 5.74) is 8.55. The van der Waals surface area contributed by atoms with Gasteiger partial charge in [-0.2, -0.15) is 0 Å². The molecule has 1 amide bonds. The predicted molar refractivity (Wildman–Crippen MR) is 83.8 cm³/mol. The minimum Gasteiger partial charge on any atom is -0.325 e. The Morgan fingerprint density at radius 1 is 1.40 bits per heavy atom. The number of carbonyl (C=O) groups excluding carboxylic acids is 1. The average molecular weight is 289 g/mol. The molecule has 2 rings (SSSR count). The van der Waals surface area contributed by atoms with Gasteiger partial charge in [0.2, 0.25) is 5.91 Å². The van der Waals surface area contributed by atoms with Gasteiger partial charge in [0.15, 0.2) is 0 Å². The maximum Gasteiger partial charge on any atom is 0.241 e. The summed E-state index contributed by atoms with van der Waals surface area (Å²) in [7, 11) is 0. The number of rotatable bonds is 5. The highest BCUT2D eigenvalue weighted by Gasteiger charge is 2.12. The molecule has 0 unspecified atom stereocenters. The Labute approximate surface area is 123 Å². The van der Waals surface area contributed by atoms with E-state index in [1.807, 2.05) is 43.5 Å². The quantitative estimate of drug-likeness (QED) is 0.888. The van der Waals surface area contributed by atoms with Gasteiger partial charge in [-0.3, -0.25) is 4.79 Å². The van der Waals surface area contributed by atoms with Crippen LogP contribution in [0.3, 0.4) is 0 Å². The Bertz CT molecular complexity index is 577. The lowest BCUT2D eigenvalue weighted by atomic mass is 10.1. The highest BCUT2D eigenvalue weighted by atomic mass is 32.1. The second-order valence-corrected chi connectivity index (χ2v) is 5.78. The van der Waals surface area contributed by atoms with Crippen LogP contribution in [0.25, 0.3) is 11.3 Å². The van der Waals surface area contributed by atoms with E-state index in [0.717, 1.165) is 28.4 Å². The fraction of sp³-hybridized carbons (Fsp3) is 0.333. The number of hydrogen-bond donors (Lipinski definition) is 2. The molecule has 2 aromatic rings. The van der Waals surface area contributed by atoms with Crippen LogP contribution in [0.4, 0.5) is 5.69 Å². The van der Waals surface area contributed by atoms with Gasteiger partial charge in [-0.1, -0.05) is 25.5 Å². The van der Waals surface area contributed by atoms with Gasteiger partial charge in [-0.25, -0.2) is 4.98 Å². The van der Waals surface area contributed by atoms with Crippen molar-refractivity contribution in [3.05, 3.63) is 34.7 Å². The summed E-state index contributed by atoms with van der Waals surface area (Å²) in [6.07, 6.45) is 1.60. The number of amides is 1. The van der Waals surface area contributed by atoms with Crippen molar-refractivity contribution in [2.75, 3.05) is 5.32 Å². The Morgan fingerprint density at radius 2 is 2.10 bits per heavy atom. The van der Waals surface area contributed by atoms with Gasteiger partial charge in [0.25, 0.3) is 0 Å². The minimum atomic E-state index is -0.444. The molecule has 0 aliphatic carbocycles. The SMILES string of the molecule is CCC[C@@H](N)C(=O)Nc1ccc(-c2csc(C)n2)cc1. The van der Waals surface area contributed by atoms with Crippen molar-refractivity contribution in [3.8, 4) is 11.3 Å². The number of anilines is 1. The van der Waals surface area contributed by atoms with Gasteiger partial charge >= 0.3 is 0 Å². The van der Waals surface area contributed by atoms with Crippen LogP contribution in [0, 0.1) is 6.92 Å². The van der Waals surface area contributed by atoms with Gasteiger partial charge in [-0.15, -0.1) is 11.3 Å². The lowest BCUT2D eigenvalue weighted by Gasteiger charge is -2.11. The molecule has 1 aromatic heterocycles. The first-order valence-corrected chi connectivity index (χ1v) is 7.57. The van der Waals surface area contributed by atoms with Crippen molar-refractivity contribution >= 4 is 22.9 Å². The van der Waals surface area contributed by atoms with Crippen LogP contribution in [-0.4, -0.2) is 16.9 Å². The molecule has 0 fully saturated rings. The van der Waals surface area contributed by atoms with Crippen LogP contribution in [0.1, 0.15) is 24.8 Å². The first kappa shape index (κ1) is 14.7. The molecule has 0 radical (unpaired) electrons. The van der Waals surface area contributed by atoms with Crippen LogP contribution < -0.4 is 11.1 Å². The van der Waals surface area contributed by atoms with E-state index in [1.165, 1.54) is 0 Å². The number of aromatic nitrogens is 1. The predicted octanol–water partition coefficient (Wildman–Crippen LogP) is 3.18. The Balaban J connectivity index is 2.03. The summed E-state index contributed by atoms with van der Waals surface area (Å²) >= 11 is 1.63. The molecule has 20 heavy (non-hydrogen) atoms. The summed E-state index contributed by atoms with van der Waals surface area (Å²) in [4.78, 5) is 16.2. The Hall–Kier alpha value is -1.72. The maximum absolute atomic E-state index is 11.8. The summed E-state index contributed by atoms with van der Waals surface area (Å²) < 4.78 is 0. The third kappa shape index (κ3) is 3.65. The minimum absolute atomic E-state index is 0.135. The van der Waals surface area contributed by atoms with E-state index in [2.05, 4.69) is 10.3 Å². The van der Waals surface area contributed by atoms with Crippen molar-refractivity contribution in [2.24, 2.45) is 5.73 Å². The number of nitrogens with one attached hydrogen (secondary N) is 1. The van der Waals surface area contributed by atoms with E-state index in [9.17, 15) is 4.79 Å². The van der Waals surface area contributed by atoms with E-state index < -0.39 is 6.04 Å². The number of benzene rings is 1. The van der Waals surface area contributed by atoms with Crippen LogP contribution in [0.15, 0.2) is 29.6 Å². The first-order valence-electron chi connectivity index (χ1n) is 6.69. The molecule has 4 nitrogen and oxygen atoms in total. The highest BCUT2D eigenvalue weighted by molar-refractivity contribution is 7.09. The molecule has 3 N–H and O–H groups in total. The van der Waals surface area contributed by atoms with Gasteiger partial charge in [-0.05, 0) is 25.5 Å². The van der Waals surface area contributed by atoms with Crippen molar-refractivity contribution < 1.29 is 4.79 Å². The Kier molecular flexibility index (Phi) is 4.87. The maximum atomic E-state index is 11.8. The van der Waals surface area contributed by atoms with Crippen LogP contribution >= 0.6 is 11.3 Å². The summed E-state index contributed by atoms with van der Waals surface area (Å²) in [5.74, 6) is -0.135. The van der Waals surface area contributed by atoms with Crippen LogP contribution in [0.2, 0.25) is 0 Å². The number of nitrogens with two attached hydrogens (primary N) is 1. The molecule has 0 spiro atoms. The lowest BCUT2D eigenvalue weighted by Crippen LogP contribution is -2.35. The van der Waals surface area contributed by atoms with Gasteiger partial charge in [0.05, 0.1) is 16.7 Å². The van der Waals surface area contributed by atoms with E-state index in [1.54, 1.807) is 11.3 Å². The topological polar surface area (TPSA) is 68.0 Å². The molecule has 0 saturated carbocycles. The van der Waals surface area contributed by atoms with Crippen LogP contribution in [0.5, 0.6) is 0 Å². The smallest absolute Gasteiger partial charge is 0.241 e. The lowest BCUT2D eigenvalue weighted by molar-refractivity contribution is -0.117. The molecule has 106 valence electrons. The van der Waals surface area contributed by atoms with E-state index >= 15 is 0 Å². The second-order valence-electron chi connectivity index (χ2n) is 4.71. The number of carbonyl (C=O) groups is 1. The molecule has 0 aliphatic rings. The van der Waals surface area contributed by atoms with Crippen molar-refractivity contribution in [1.82, 2.24) is 4.98 Å². The summed E-state index contributed by atoms with van der Waals surface area (Å²) in [6, 6.07) is 7.22. The number of hydrogen-bond acceptors (Lipinski definition) is 4. The van der Waals surface area contributed by atoms with Crippen molar-refractivity contribution in [2.45, 2.75) is 32.7 Å². The van der Waals surface area contributed by atoms with Crippen LogP contribution in [-0.2, 0) is 4.79 Å². The summed E-state index contributed by atoms with van der Waals surface area (Å²) in [6.45, 7) is 4.00. The molecule has 0 bridgehead atoms. The molecule has 1 heterocycles. The van der Waals surface area contributed by atoms with E-state index in [0.29, 0.717) is 6.42 Å². The Morgan fingerprint density at radius 3 is 2.65 bits per heavy atom. The molecular formula is C15H19N3OS. The molecular weight excluding hydrogens is 270 g/mol.